The average Bonchev–Trinajstić information content (AvgIpc) is 2.89. The zero-order valence-corrected chi connectivity index (χ0v) is 13.6. The zero-order chi connectivity index (χ0) is 16.3. The van der Waals surface area contributed by atoms with Gasteiger partial charge in [0, 0.05) is 11.4 Å². The summed E-state index contributed by atoms with van der Waals surface area (Å²) in [5.41, 5.74) is -0.116. The predicted molar refractivity (Wildman–Crippen MR) is 84.2 cm³/mol. The lowest BCUT2D eigenvalue weighted by Gasteiger charge is -2.27. The Morgan fingerprint density at radius 2 is 1.95 bits per heavy atom. The number of amides is 2. The Labute approximate surface area is 133 Å². The molecule has 1 heterocycles. The predicted octanol–water partition coefficient (Wildman–Crippen LogP) is 3.07. The van der Waals surface area contributed by atoms with E-state index >= 15 is 0 Å². The normalized spacial score (nSPS) is 18.2. The lowest BCUT2D eigenvalue weighted by Crippen LogP contribution is -2.46. The molecule has 1 saturated heterocycles. The van der Waals surface area contributed by atoms with Crippen LogP contribution in [-0.4, -0.2) is 40.2 Å². The van der Waals surface area contributed by atoms with Gasteiger partial charge in [0.1, 0.15) is 17.5 Å². The molecule has 1 aliphatic rings. The zero-order valence-electron chi connectivity index (χ0n) is 12.8. The van der Waals surface area contributed by atoms with Crippen molar-refractivity contribution in [2.75, 3.05) is 16.9 Å². The minimum absolute atomic E-state index is 0.303. The Morgan fingerprint density at radius 3 is 2.55 bits per heavy atom. The van der Waals surface area contributed by atoms with Crippen molar-refractivity contribution in [2.24, 2.45) is 0 Å². The fraction of sp³-hybridized carbons (Fsp3) is 0.467. The van der Waals surface area contributed by atoms with E-state index in [-0.39, 0.29) is 11.7 Å². The summed E-state index contributed by atoms with van der Waals surface area (Å²) in [7, 11) is 0. The number of rotatable bonds is 2. The van der Waals surface area contributed by atoms with Gasteiger partial charge in [-0.1, -0.05) is 0 Å². The van der Waals surface area contributed by atoms with E-state index in [9.17, 15) is 14.0 Å². The molecule has 0 aliphatic carbocycles. The van der Waals surface area contributed by atoms with Crippen LogP contribution in [0.4, 0.5) is 14.9 Å². The first-order valence-electron chi connectivity index (χ1n) is 6.90. The van der Waals surface area contributed by atoms with Crippen molar-refractivity contribution < 1.29 is 18.7 Å². The maximum atomic E-state index is 12.9. The van der Waals surface area contributed by atoms with Crippen LogP contribution in [0.2, 0.25) is 0 Å². The molecule has 120 valence electrons. The van der Waals surface area contributed by atoms with Crippen LogP contribution in [0, 0.1) is 5.82 Å². The first kappa shape index (κ1) is 16.6. The maximum Gasteiger partial charge on any atom is 0.411 e. The summed E-state index contributed by atoms with van der Waals surface area (Å²) >= 11 is 1.49. The van der Waals surface area contributed by atoms with Gasteiger partial charge in [0.2, 0.25) is 5.91 Å². The minimum Gasteiger partial charge on any atom is -0.444 e. The van der Waals surface area contributed by atoms with E-state index in [1.807, 2.05) is 0 Å². The second kappa shape index (κ2) is 6.56. The number of thioether (sulfide) groups is 1. The second-order valence-electron chi connectivity index (χ2n) is 5.96. The Kier molecular flexibility index (Phi) is 4.95. The van der Waals surface area contributed by atoms with Gasteiger partial charge in [0.05, 0.1) is 5.88 Å². The second-order valence-corrected chi connectivity index (χ2v) is 6.96. The Morgan fingerprint density at radius 1 is 1.32 bits per heavy atom. The molecule has 1 unspecified atom stereocenters. The lowest BCUT2D eigenvalue weighted by atomic mass is 10.2. The van der Waals surface area contributed by atoms with E-state index in [0.717, 1.165) is 0 Å². The van der Waals surface area contributed by atoms with E-state index in [1.165, 1.54) is 40.9 Å². The molecule has 1 aromatic carbocycles. The maximum absolute atomic E-state index is 12.9. The van der Waals surface area contributed by atoms with Crippen molar-refractivity contribution in [1.82, 2.24) is 4.90 Å². The highest BCUT2D eigenvalue weighted by molar-refractivity contribution is 7.99. The summed E-state index contributed by atoms with van der Waals surface area (Å²) in [4.78, 5) is 25.9. The number of hydrogen-bond acceptors (Lipinski definition) is 4. The van der Waals surface area contributed by atoms with Crippen LogP contribution in [-0.2, 0) is 9.53 Å². The van der Waals surface area contributed by atoms with Crippen LogP contribution < -0.4 is 5.32 Å². The summed E-state index contributed by atoms with van der Waals surface area (Å²) in [5.74, 6) is 0.246. The molecular formula is C15H19FN2O3S. The SMILES string of the molecule is CC(C)(C)OC(=O)N1CSCC1C(=O)Nc1ccc(F)cc1. The van der Waals surface area contributed by atoms with Crippen LogP contribution in [0.5, 0.6) is 0 Å². The molecule has 7 heteroatoms. The summed E-state index contributed by atoms with van der Waals surface area (Å²) in [6, 6.07) is 4.90. The number of nitrogens with one attached hydrogen (secondary N) is 1. The third-order valence-corrected chi connectivity index (χ3v) is 3.94. The number of carbonyl (C=O) groups is 2. The van der Waals surface area contributed by atoms with Gasteiger partial charge in [0.25, 0.3) is 0 Å². The molecule has 1 fully saturated rings. The molecule has 5 nitrogen and oxygen atoms in total. The number of nitrogens with zero attached hydrogens (tertiary/aromatic N) is 1. The smallest absolute Gasteiger partial charge is 0.411 e. The van der Waals surface area contributed by atoms with Gasteiger partial charge in [-0.25, -0.2) is 9.18 Å². The number of anilines is 1. The molecule has 0 radical (unpaired) electrons. The van der Waals surface area contributed by atoms with Gasteiger partial charge in [-0.15, -0.1) is 11.8 Å². The Bertz CT molecular complexity index is 557. The van der Waals surface area contributed by atoms with Crippen molar-refractivity contribution in [3.63, 3.8) is 0 Å². The number of carbonyl (C=O) groups excluding carboxylic acids is 2. The van der Waals surface area contributed by atoms with Gasteiger partial charge in [-0.05, 0) is 45.0 Å². The molecular weight excluding hydrogens is 307 g/mol. The Hall–Kier alpha value is -1.76. The fourth-order valence-corrected chi connectivity index (χ4v) is 3.06. The van der Waals surface area contributed by atoms with Gasteiger partial charge < -0.3 is 10.1 Å². The average molecular weight is 326 g/mol. The van der Waals surface area contributed by atoms with E-state index in [2.05, 4.69) is 5.32 Å². The summed E-state index contributed by atoms with van der Waals surface area (Å²) in [5, 5.41) is 2.69. The van der Waals surface area contributed by atoms with Gasteiger partial charge >= 0.3 is 6.09 Å². The largest absolute Gasteiger partial charge is 0.444 e. The summed E-state index contributed by atoms with van der Waals surface area (Å²) in [6.45, 7) is 5.34. The molecule has 1 aliphatic heterocycles. The number of ether oxygens (including phenoxy) is 1. The number of benzene rings is 1. The third kappa shape index (κ3) is 4.37. The molecule has 2 rings (SSSR count). The highest BCUT2D eigenvalue weighted by atomic mass is 32.2. The third-order valence-electron chi connectivity index (χ3n) is 2.92. The van der Waals surface area contributed by atoms with Crippen LogP contribution >= 0.6 is 11.8 Å². The van der Waals surface area contributed by atoms with E-state index in [4.69, 9.17) is 4.74 Å². The van der Waals surface area contributed by atoms with Crippen molar-refractivity contribution in [3.8, 4) is 0 Å². The number of halogens is 1. The monoisotopic (exact) mass is 326 g/mol. The molecule has 1 N–H and O–H groups in total. The van der Waals surface area contributed by atoms with Gasteiger partial charge in [0.15, 0.2) is 0 Å². The highest BCUT2D eigenvalue weighted by Crippen LogP contribution is 2.24. The fourth-order valence-electron chi connectivity index (χ4n) is 1.92. The van der Waals surface area contributed by atoms with Crippen molar-refractivity contribution in [1.29, 1.82) is 0 Å². The standard InChI is InChI=1S/C15H19FN2O3S/c1-15(2,3)21-14(20)18-9-22-8-12(18)13(19)17-11-6-4-10(16)5-7-11/h4-7,12H,8-9H2,1-3H3,(H,17,19). The van der Waals surface area contributed by atoms with Crippen LogP contribution in [0.25, 0.3) is 0 Å². The number of hydrogen-bond donors (Lipinski definition) is 1. The van der Waals surface area contributed by atoms with Gasteiger partial charge in [-0.3, -0.25) is 9.69 Å². The molecule has 0 spiro atoms. The van der Waals surface area contributed by atoms with Gasteiger partial charge in [-0.2, -0.15) is 0 Å². The van der Waals surface area contributed by atoms with Crippen LogP contribution in [0.1, 0.15) is 20.8 Å². The molecule has 0 aromatic heterocycles. The molecule has 22 heavy (non-hydrogen) atoms. The van der Waals surface area contributed by atoms with E-state index in [1.54, 1.807) is 20.8 Å². The molecule has 0 saturated carbocycles. The molecule has 0 bridgehead atoms. The quantitative estimate of drug-likeness (QED) is 0.907. The first-order chi connectivity index (χ1) is 10.3. The van der Waals surface area contributed by atoms with Crippen molar-refractivity contribution in [3.05, 3.63) is 30.1 Å². The highest BCUT2D eigenvalue weighted by Gasteiger charge is 2.37. The molecule has 2 amide bonds. The van der Waals surface area contributed by atoms with Crippen LogP contribution in [0.15, 0.2) is 24.3 Å². The first-order valence-corrected chi connectivity index (χ1v) is 8.05. The van der Waals surface area contributed by atoms with E-state index < -0.39 is 17.7 Å². The summed E-state index contributed by atoms with van der Waals surface area (Å²) in [6.07, 6.45) is -0.503. The lowest BCUT2D eigenvalue weighted by molar-refractivity contribution is -0.120. The van der Waals surface area contributed by atoms with Crippen molar-refractivity contribution in [2.45, 2.75) is 32.4 Å². The molecule has 1 atom stereocenters. The summed E-state index contributed by atoms with van der Waals surface area (Å²) < 4.78 is 18.2. The topological polar surface area (TPSA) is 58.6 Å². The van der Waals surface area contributed by atoms with Crippen LogP contribution in [0.3, 0.4) is 0 Å². The van der Waals surface area contributed by atoms with Crippen molar-refractivity contribution >= 4 is 29.4 Å². The molecule has 1 aromatic rings. The van der Waals surface area contributed by atoms with E-state index in [0.29, 0.717) is 17.3 Å². The Balaban J connectivity index is 2.01. The minimum atomic E-state index is -0.609.